The number of aromatic amines is 1. The summed E-state index contributed by atoms with van der Waals surface area (Å²) in [5.74, 6) is -2.47. The van der Waals surface area contributed by atoms with Gasteiger partial charge in [-0.05, 0) is 24.3 Å². The van der Waals surface area contributed by atoms with Gasteiger partial charge < -0.3 is 11.1 Å². The molecule has 0 bridgehead atoms. The highest BCUT2D eigenvalue weighted by Crippen LogP contribution is 2.35. The highest BCUT2D eigenvalue weighted by Gasteiger charge is 2.11. The third-order valence-corrected chi connectivity index (χ3v) is 3.77. The molecule has 0 saturated carbocycles. The highest BCUT2D eigenvalue weighted by molar-refractivity contribution is 7.99. The van der Waals surface area contributed by atoms with Gasteiger partial charge in [-0.25, -0.2) is 0 Å². The molecule has 7 heteroatoms. The Morgan fingerprint density at radius 3 is 2.81 bits per heavy atom. The topological polar surface area (TPSA) is 66.7 Å². The zero-order valence-corrected chi connectivity index (χ0v) is 11.6. The summed E-state index contributed by atoms with van der Waals surface area (Å²) in [7, 11) is 0. The summed E-state index contributed by atoms with van der Waals surface area (Å²) in [6, 6.07) is 10.5. The Morgan fingerprint density at radius 2 is 2.00 bits per heavy atom. The standard InChI is InChI=1S/C14H12F2N4S/c15-14(16)21-13-4-2-1-3-10(13)19-12-6-11-8(5-9(12)17)7-18-20-11/h1-7,14,19H,17H2,(H,18,20). The number of benzene rings is 2. The number of para-hydroxylation sites is 1. The zero-order chi connectivity index (χ0) is 14.8. The number of H-pyrrole nitrogens is 1. The molecule has 0 unspecified atom stereocenters. The van der Waals surface area contributed by atoms with Gasteiger partial charge in [0.1, 0.15) is 0 Å². The summed E-state index contributed by atoms with van der Waals surface area (Å²) >= 11 is 0.499. The molecule has 0 radical (unpaired) electrons. The average molecular weight is 306 g/mol. The molecule has 4 nitrogen and oxygen atoms in total. The summed E-state index contributed by atoms with van der Waals surface area (Å²) in [5.41, 5.74) is 8.58. The van der Waals surface area contributed by atoms with Crippen molar-refractivity contribution in [3.63, 3.8) is 0 Å². The van der Waals surface area contributed by atoms with Gasteiger partial charge in [0.15, 0.2) is 0 Å². The maximum absolute atomic E-state index is 12.6. The Labute approximate surface area is 123 Å². The van der Waals surface area contributed by atoms with E-state index in [0.717, 1.165) is 10.9 Å². The van der Waals surface area contributed by atoms with Crippen molar-refractivity contribution in [2.45, 2.75) is 10.7 Å². The second kappa shape index (κ2) is 5.61. The number of fused-ring (bicyclic) bond motifs is 1. The van der Waals surface area contributed by atoms with Gasteiger partial charge in [0, 0.05) is 10.3 Å². The number of rotatable bonds is 4. The van der Waals surface area contributed by atoms with Crippen molar-refractivity contribution in [1.82, 2.24) is 10.2 Å². The summed E-state index contributed by atoms with van der Waals surface area (Å²) in [4.78, 5) is 0.469. The van der Waals surface area contributed by atoms with Crippen LogP contribution in [0.25, 0.3) is 10.9 Å². The van der Waals surface area contributed by atoms with E-state index in [9.17, 15) is 8.78 Å². The highest BCUT2D eigenvalue weighted by atomic mass is 32.2. The molecule has 0 fully saturated rings. The van der Waals surface area contributed by atoms with Crippen molar-refractivity contribution >= 4 is 39.7 Å². The van der Waals surface area contributed by atoms with E-state index in [4.69, 9.17) is 5.73 Å². The number of thioether (sulfide) groups is 1. The van der Waals surface area contributed by atoms with Crippen LogP contribution in [0.2, 0.25) is 0 Å². The summed E-state index contributed by atoms with van der Waals surface area (Å²) < 4.78 is 25.2. The fraction of sp³-hybridized carbons (Fsp3) is 0.0714. The van der Waals surface area contributed by atoms with Crippen LogP contribution in [-0.2, 0) is 0 Å². The van der Waals surface area contributed by atoms with Crippen LogP contribution in [0.15, 0.2) is 47.5 Å². The molecule has 0 aliphatic heterocycles. The second-order valence-corrected chi connectivity index (χ2v) is 5.43. The molecule has 3 rings (SSSR count). The second-order valence-electron chi connectivity index (χ2n) is 4.40. The normalized spacial score (nSPS) is 11.2. The number of alkyl halides is 2. The maximum Gasteiger partial charge on any atom is 0.288 e. The summed E-state index contributed by atoms with van der Waals surface area (Å²) in [6.07, 6.45) is 1.68. The van der Waals surface area contributed by atoms with Crippen molar-refractivity contribution in [2.75, 3.05) is 11.1 Å². The zero-order valence-electron chi connectivity index (χ0n) is 10.8. The van der Waals surface area contributed by atoms with Crippen molar-refractivity contribution in [2.24, 2.45) is 0 Å². The first-order valence-corrected chi connectivity index (χ1v) is 7.05. The van der Waals surface area contributed by atoms with Gasteiger partial charge >= 0.3 is 0 Å². The van der Waals surface area contributed by atoms with Gasteiger partial charge in [0.05, 0.1) is 28.8 Å². The van der Waals surface area contributed by atoms with Gasteiger partial charge in [-0.1, -0.05) is 23.9 Å². The molecule has 0 spiro atoms. The number of nitrogens with two attached hydrogens (primary N) is 1. The Hall–Kier alpha value is -2.28. The SMILES string of the molecule is Nc1cc2cn[nH]c2cc1Nc1ccccc1SC(F)F. The number of hydrogen-bond donors (Lipinski definition) is 3. The van der Waals surface area contributed by atoms with Crippen LogP contribution in [0.3, 0.4) is 0 Å². The Balaban J connectivity index is 1.96. The van der Waals surface area contributed by atoms with Gasteiger partial charge in [-0.15, -0.1) is 0 Å². The number of nitrogens with one attached hydrogen (secondary N) is 2. The number of nitrogens with zero attached hydrogens (tertiary/aromatic N) is 1. The molecule has 1 heterocycles. The quantitative estimate of drug-likeness (QED) is 0.499. The number of halogens is 2. The number of hydrogen-bond acceptors (Lipinski definition) is 4. The number of nitrogen functional groups attached to an aromatic ring is 1. The predicted octanol–water partition coefficient (Wildman–Crippen LogP) is 4.20. The fourth-order valence-corrected chi connectivity index (χ4v) is 2.63. The molecule has 21 heavy (non-hydrogen) atoms. The van der Waals surface area contributed by atoms with E-state index in [1.54, 1.807) is 36.5 Å². The van der Waals surface area contributed by atoms with E-state index in [1.165, 1.54) is 0 Å². The fourth-order valence-electron chi connectivity index (χ4n) is 2.03. The van der Waals surface area contributed by atoms with Gasteiger partial charge in [0.25, 0.3) is 5.76 Å². The molecule has 2 aromatic carbocycles. The molecule has 0 saturated heterocycles. The monoisotopic (exact) mass is 306 g/mol. The molecule has 0 aliphatic carbocycles. The molecule has 3 aromatic rings. The molecular weight excluding hydrogens is 294 g/mol. The predicted molar refractivity (Wildman–Crippen MR) is 82.1 cm³/mol. The van der Waals surface area contributed by atoms with Crippen LogP contribution in [0.5, 0.6) is 0 Å². The first kappa shape index (κ1) is 13.7. The molecule has 4 N–H and O–H groups in total. The van der Waals surface area contributed by atoms with Gasteiger partial charge in [0.2, 0.25) is 0 Å². The van der Waals surface area contributed by atoms with Crippen LogP contribution in [-0.4, -0.2) is 16.0 Å². The van der Waals surface area contributed by atoms with Crippen molar-refractivity contribution in [3.05, 3.63) is 42.6 Å². The average Bonchev–Trinajstić information content (AvgIpc) is 2.88. The minimum absolute atomic E-state index is 0.469. The minimum Gasteiger partial charge on any atom is -0.397 e. The first-order valence-electron chi connectivity index (χ1n) is 6.17. The molecule has 0 atom stereocenters. The Bertz CT molecular complexity index is 773. The van der Waals surface area contributed by atoms with E-state index in [1.807, 2.05) is 6.07 Å². The molecule has 0 amide bonds. The maximum atomic E-state index is 12.6. The number of aromatic nitrogens is 2. The van der Waals surface area contributed by atoms with Crippen LogP contribution >= 0.6 is 11.8 Å². The van der Waals surface area contributed by atoms with E-state index in [2.05, 4.69) is 15.5 Å². The molecule has 108 valence electrons. The lowest BCUT2D eigenvalue weighted by Gasteiger charge is -2.13. The van der Waals surface area contributed by atoms with Crippen LogP contribution in [0.4, 0.5) is 25.8 Å². The van der Waals surface area contributed by atoms with Gasteiger partial charge in [-0.2, -0.15) is 13.9 Å². The smallest absolute Gasteiger partial charge is 0.288 e. The first-order chi connectivity index (χ1) is 10.1. The summed E-state index contributed by atoms with van der Waals surface area (Å²) in [6.45, 7) is 0. The van der Waals surface area contributed by atoms with Crippen LogP contribution < -0.4 is 11.1 Å². The van der Waals surface area contributed by atoms with E-state index >= 15 is 0 Å². The molecule has 1 aromatic heterocycles. The minimum atomic E-state index is -2.47. The third kappa shape index (κ3) is 2.92. The lowest BCUT2D eigenvalue weighted by atomic mass is 10.2. The Kier molecular flexibility index (Phi) is 3.66. The van der Waals surface area contributed by atoms with Crippen LogP contribution in [0, 0.1) is 0 Å². The van der Waals surface area contributed by atoms with Crippen molar-refractivity contribution < 1.29 is 8.78 Å². The largest absolute Gasteiger partial charge is 0.397 e. The van der Waals surface area contributed by atoms with E-state index < -0.39 is 5.76 Å². The van der Waals surface area contributed by atoms with E-state index in [0.29, 0.717) is 33.7 Å². The van der Waals surface area contributed by atoms with Crippen molar-refractivity contribution in [1.29, 1.82) is 0 Å². The third-order valence-electron chi connectivity index (χ3n) is 2.98. The molecule has 0 aliphatic rings. The Morgan fingerprint density at radius 1 is 1.19 bits per heavy atom. The summed E-state index contributed by atoms with van der Waals surface area (Å²) in [5, 5.41) is 10.8. The van der Waals surface area contributed by atoms with Crippen molar-refractivity contribution in [3.8, 4) is 0 Å². The molecular formula is C14H12F2N4S. The lowest BCUT2D eigenvalue weighted by Crippen LogP contribution is -1.98. The number of anilines is 3. The van der Waals surface area contributed by atoms with Gasteiger partial charge in [-0.3, -0.25) is 5.10 Å². The van der Waals surface area contributed by atoms with E-state index in [-0.39, 0.29) is 0 Å². The lowest BCUT2D eigenvalue weighted by molar-refractivity contribution is 0.252. The van der Waals surface area contributed by atoms with Crippen LogP contribution in [0.1, 0.15) is 0 Å².